The molecular weight excluding hydrogens is 386 g/mol. The Hall–Kier alpha value is -3.63. The van der Waals surface area contributed by atoms with Gasteiger partial charge >= 0.3 is 0 Å². The molecule has 0 aliphatic rings. The Morgan fingerprint density at radius 3 is 2.53 bits per heavy atom. The molecule has 0 spiro atoms. The monoisotopic (exact) mass is 405 g/mol. The number of hydrazone groups is 1. The van der Waals surface area contributed by atoms with Crippen LogP contribution < -0.4 is 5.43 Å². The molecule has 0 unspecified atom stereocenters. The highest BCUT2D eigenvalue weighted by molar-refractivity contribution is 7.26. The summed E-state index contributed by atoms with van der Waals surface area (Å²) < 4.78 is 5.06. The zero-order chi connectivity index (χ0) is 20.1. The Bertz CT molecular complexity index is 1570. The minimum atomic E-state index is 0.658. The molecule has 0 bridgehead atoms. The topological polar surface area (TPSA) is 29.3 Å². The lowest BCUT2D eigenvalue weighted by Gasteiger charge is -2.11. The average molecular weight is 406 g/mol. The zero-order valence-corrected chi connectivity index (χ0v) is 17.1. The van der Waals surface area contributed by atoms with Crippen LogP contribution in [0.4, 0.5) is 0 Å². The van der Waals surface area contributed by atoms with E-state index in [4.69, 9.17) is 0 Å². The van der Waals surface area contributed by atoms with Gasteiger partial charge < -0.3 is 9.99 Å². The molecular formula is C26H19N3S. The predicted molar refractivity (Wildman–Crippen MR) is 130 cm³/mol. The van der Waals surface area contributed by atoms with E-state index in [0.717, 1.165) is 5.69 Å². The van der Waals surface area contributed by atoms with Gasteiger partial charge in [-0.05, 0) is 35.9 Å². The van der Waals surface area contributed by atoms with Gasteiger partial charge in [0, 0.05) is 43.3 Å². The standard InChI is InChI=1S/C26H19N3S/c1-27-28-16-17-7-6-8-18(15-17)29-22-11-4-2-9-19(22)20-13-14-24-25(26(20)29)21-10-3-5-12-23(21)30-24/h2-15,28H,1,16H2. The van der Waals surface area contributed by atoms with Crippen LogP contribution in [0.3, 0.4) is 0 Å². The maximum Gasteiger partial charge on any atom is 0.0634 e. The number of fused-ring (bicyclic) bond motifs is 7. The first-order chi connectivity index (χ1) is 14.8. The van der Waals surface area contributed by atoms with Gasteiger partial charge in [0.2, 0.25) is 0 Å². The fourth-order valence-electron chi connectivity index (χ4n) is 4.49. The molecule has 4 aromatic carbocycles. The number of nitrogens with one attached hydrogen (secondary N) is 1. The molecule has 6 rings (SSSR count). The predicted octanol–water partition coefficient (Wildman–Crippen LogP) is 6.86. The minimum absolute atomic E-state index is 0.658. The van der Waals surface area contributed by atoms with Crippen molar-refractivity contribution in [2.75, 3.05) is 0 Å². The molecule has 0 amide bonds. The molecule has 144 valence electrons. The first-order valence-corrected chi connectivity index (χ1v) is 10.8. The third-order valence-electron chi connectivity index (χ3n) is 5.74. The van der Waals surface area contributed by atoms with E-state index in [-0.39, 0.29) is 0 Å². The van der Waals surface area contributed by atoms with Crippen LogP contribution in [-0.4, -0.2) is 11.3 Å². The molecule has 0 saturated carbocycles. The van der Waals surface area contributed by atoms with Gasteiger partial charge in [-0.1, -0.05) is 54.6 Å². The summed E-state index contributed by atoms with van der Waals surface area (Å²) in [7, 11) is 0. The summed E-state index contributed by atoms with van der Waals surface area (Å²) in [6.07, 6.45) is 0. The summed E-state index contributed by atoms with van der Waals surface area (Å²) in [5.41, 5.74) is 7.80. The molecule has 0 radical (unpaired) electrons. The summed E-state index contributed by atoms with van der Waals surface area (Å²) in [4.78, 5) is 0. The molecule has 0 atom stereocenters. The van der Waals surface area contributed by atoms with E-state index in [2.05, 4.69) is 107 Å². The third-order valence-corrected chi connectivity index (χ3v) is 6.87. The first kappa shape index (κ1) is 17.2. The number of hydrogen-bond donors (Lipinski definition) is 1. The molecule has 2 heterocycles. The van der Waals surface area contributed by atoms with Crippen LogP contribution in [0.15, 0.2) is 90.0 Å². The Kier molecular flexibility index (Phi) is 3.86. The van der Waals surface area contributed by atoms with Gasteiger partial charge in [-0.15, -0.1) is 11.3 Å². The Labute approximate surface area is 177 Å². The number of rotatable bonds is 4. The number of nitrogens with zero attached hydrogens (tertiary/aromatic N) is 2. The van der Waals surface area contributed by atoms with E-state index in [1.165, 1.54) is 47.5 Å². The number of aromatic nitrogens is 1. The lowest BCUT2D eigenvalue weighted by atomic mass is 10.1. The highest BCUT2D eigenvalue weighted by Gasteiger charge is 2.17. The Balaban J connectivity index is 1.79. The average Bonchev–Trinajstić information content (AvgIpc) is 3.33. The Morgan fingerprint density at radius 1 is 0.800 bits per heavy atom. The van der Waals surface area contributed by atoms with Gasteiger partial charge in [0.1, 0.15) is 0 Å². The van der Waals surface area contributed by atoms with E-state index in [9.17, 15) is 0 Å². The number of hydrogen-bond acceptors (Lipinski definition) is 3. The van der Waals surface area contributed by atoms with Crippen molar-refractivity contribution in [1.82, 2.24) is 9.99 Å². The molecule has 3 nitrogen and oxygen atoms in total. The lowest BCUT2D eigenvalue weighted by Crippen LogP contribution is -2.04. The normalized spacial score (nSPS) is 11.6. The zero-order valence-electron chi connectivity index (χ0n) is 16.3. The summed E-state index contributed by atoms with van der Waals surface area (Å²) >= 11 is 1.86. The minimum Gasteiger partial charge on any atom is -0.309 e. The number of thiophene rings is 1. The third kappa shape index (κ3) is 2.47. The second kappa shape index (κ2) is 6.71. The van der Waals surface area contributed by atoms with Crippen LogP contribution in [0.1, 0.15) is 5.56 Å². The number of benzene rings is 4. The van der Waals surface area contributed by atoms with Crippen molar-refractivity contribution >= 4 is 60.0 Å². The summed E-state index contributed by atoms with van der Waals surface area (Å²) in [6.45, 7) is 4.18. The smallest absolute Gasteiger partial charge is 0.0634 e. The van der Waals surface area contributed by atoms with Gasteiger partial charge in [-0.2, -0.15) is 5.10 Å². The first-order valence-electron chi connectivity index (χ1n) is 9.96. The summed E-state index contributed by atoms with van der Waals surface area (Å²) in [6, 6.07) is 30.6. The van der Waals surface area contributed by atoms with Gasteiger partial charge in [-0.3, -0.25) is 0 Å². The Morgan fingerprint density at radius 2 is 1.63 bits per heavy atom. The van der Waals surface area contributed by atoms with Crippen molar-refractivity contribution in [3.05, 3.63) is 90.5 Å². The molecule has 30 heavy (non-hydrogen) atoms. The quantitative estimate of drug-likeness (QED) is 0.252. The fraction of sp³-hybridized carbons (Fsp3) is 0.0385. The maximum atomic E-state index is 3.79. The van der Waals surface area contributed by atoms with Crippen molar-refractivity contribution < 1.29 is 0 Å². The van der Waals surface area contributed by atoms with Gasteiger partial charge in [-0.25, -0.2) is 0 Å². The second-order valence-corrected chi connectivity index (χ2v) is 8.53. The van der Waals surface area contributed by atoms with Crippen molar-refractivity contribution in [2.45, 2.75) is 6.54 Å². The fourth-order valence-corrected chi connectivity index (χ4v) is 5.59. The molecule has 2 aromatic heterocycles. The van der Waals surface area contributed by atoms with Crippen molar-refractivity contribution in [3.63, 3.8) is 0 Å². The molecule has 0 aliphatic heterocycles. The summed E-state index contributed by atoms with van der Waals surface area (Å²) in [5, 5.41) is 9.01. The molecule has 6 aromatic rings. The second-order valence-electron chi connectivity index (χ2n) is 7.45. The van der Waals surface area contributed by atoms with E-state index >= 15 is 0 Å². The van der Waals surface area contributed by atoms with Crippen LogP contribution in [0.5, 0.6) is 0 Å². The van der Waals surface area contributed by atoms with Crippen molar-refractivity contribution in [3.8, 4) is 5.69 Å². The van der Waals surface area contributed by atoms with Crippen LogP contribution >= 0.6 is 11.3 Å². The highest BCUT2D eigenvalue weighted by atomic mass is 32.1. The van der Waals surface area contributed by atoms with Gasteiger partial charge in [0.05, 0.1) is 17.6 Å². The molecule has 4 heteroatoms. The SMILES string of the molecule is C=NNCc1cccc(-n2c3ccccc3c3ccc4sc5ccccc5c4c32)c1. The van der Waals surface area contributed by atoms with Crippen LogP contribution in [0.2, 0.25) is 0 Å². The maximum absolute atomic E-state index is 3.79. The van der Waals surface area contributed by atoms with Crippen molar-refractivity contribution in [1.29, 1.82) is 0 Å². The number of para-hydroxylation sites is 1. The van der Waals surface area contributed by atoms with Crippen LogP contribution in [0, 0.1) is 0 Å². The van der Waals surface area contributed by atoms with E-state index in [1.54, 1.807) is 0 Å². The van der Waals surface area contributed by atoms with E-state index in [1.807, 2.05) is 11.3 Å². The van der Waals surface area contributed by atoms with Gasteiger partial charge in [0.25, 0.3) is 0 Å². The van der Waals surface area contributed by atoms with Gasteiger partial charge in [0.15, 0.2) is 0 Å². The summed E-state index contributed by atoms with van der Waals surface area (Å²) in [5.74, 6) is 0. The lowest BCUT2D eigenvalue weighted by molar-refractivity contribution is 0.750. The molecule has 0 saturated heterocycles. The van der Waals surface area contributed by atoms with Crippen molar-refractivity contribution in [2.24, 2.45) is 5.10 Å². The highest BCUT2D eigenvalue weighted by Crippen LogP contribution is 2.42. The van der Waals surface area contributed by atoms with Crippen LogP contribution in [-0.2, 0) is 6.54 Å². The molecule has 0 fully saturated rings. The molecule has 1 N–H and O–H groups in total. The largest absolute Gasteiger partial charge is 0.309 e. The van der Waals surface area contributed by atoms with E-state index in [0.29, 0.717) is 6.54 Å². The van der Waals surface area contributed by atoms with Crippen LogP contribution in [0.25, 0.3) is 47.7 Å². The molecule has 0 aliphatic carbocycles. The van der Waals surface area contributed by atoms with E-state index < -0.39 is 0 Å².